The van der Waals surface area contributed by atoms with Crippen LogP contribution in [-0.2, 0) is 0 Å². The molecule has 19 heavy (non-hydrogen) atoms. The van der Waals surface area contributed by atoms with Gasteiger partial charge in [-0.25, -0.2) is 9.59 Å². The number of anilines is 1. The molecule has 1 unspecified atom stereocenters. The van der Waals surface area contributed by atoms with Crippen molar-refractivity contribution < 1.29 is 19.8 Å². The zero-order chi connectivity index (χ0) is 14.0. The Morgan fingerprint density at radius 1 is 1.11 bits per heavy atom. The number of benzene rings is 1. The molecule has 1 fully saturated rings. The van der Waals surface area contributed by atoms with Crippen molar-refractivity contribution in [1.29, 1.82) is 0 Å². The van der Waals surface area contributed by atoms with Gasteiger partial charge in [-0.15, -0.1) is 0 Å². The monoisotopic (exact) mass is 265 g/mol. The van der Waals surface area contributed by atoms with Crippen molar-refractivity contribution in [1.82, 2.24) is 9.80 Å². The van der Waals surface area contributed by atoms with Crippen LogP contribution in [0.25, 0.3) is 0 Å². The third-order valence-corrected chi connectivity index (χ3v) is 3.22. The predicted molar refractivity (Wildman–Crippen MR) is 67.9 cm³/mol. The second kappa shape index (κ2) is 5.05. The number of nitrogens with two attached hydrogens (primary N) is 1. The lowest BCUT2D eigenvalue weighted by atomic mass is 10.0. The maximum atomic E-state index is 11.2. The van der Waals surface area contributed by atoms with Gasteiger partial charge in [0.1, 0.15) is 0 Å². The molecule has 1 aromatic carbocycles. The van der Waals surface area contributed by atoms with Crippen molar-refractivity contribution in [3.05, 3.63) is 29.8 Å². The summed E-state index contributed by atoms with van der Waals surface area (Å²) in [5, 5.41) is 18.2. The Kier molecular flexibility index (Phi) is 3.46. The summed E-state index contributed by atoms with van der Waals surface area (Å²) >= 11 is 0. The summed E-state index contributed by atoms with van der Waals surface area (Å²) in [5.41, 5.74) is 6.91. The number of carboxylic acid groups (broad SMARTS) is 2. The zero-order valence-electron chi connectivity index (χ0n) is 10.2. The molecule has 0 radical (unpaired) electrons. The molecule has 1 aliphatic heterocycles. The molecule has 2 amide bonds. The van der Waals surface area contributed by atoms with Crippen molar-refractivity contribution in [3.8, 4) is 0 Å². The molecule has 0 aromatic heterocycles. The van der Waals surface area contributed by atoms with Gasteiger partial charge in [0.25, 0.3) is 0 Å². The molecule has 0 saturated carbocycles. The van der Waals surface area contributed by atoms with Gasteiger partial charge in [0.05, 0.1) is 6.04 Å². The molecule has 7 heteroatoms. The first-order valence-corrected chi connectivity index (χ1v) is 5.82. The summed E-state index contributed by atoms with van der Waals surface area (Å²) in [6, 6.07) is 6.30. The van der Waals surface area contributed by atoms with Crippen molar-refractivity contribution >= 4 is 17.9 Å². The lowest BCUT2D eigenvalue weighted by molar-refractivity contribution is 0.0635. The first-order valence-electron chi connectivity index (χ1n) is 5.82. The quantitative estimate of drug-likeness (QED) is 0.663. The third-order valence-electron chi connectivity index (χ3n) is 3.22. The van der Waals surface area contributed by atoms with Crippen LogP contribution in [0.5, 0.6) is 0 Å². The maximum Gasteiger partial charge on any atom is 0.407 e. The van der Waals surface area contributed by atoms with Crippen LogP contribution in [0.3, 0.4) is 0 Å². The van der Waals surface area contributed by atoms with Crippen molar-refractivity contribution in [2.45, 2.75) is 6.04 Å². The minimum Gasteiger partial charge on any atom is -0.465 e. The Hall–Kier alpha value is -2.44. The molecule has 2 rings (SSSR count). The van der Waals surface area contributed by atoms with E-state index in [1.165, 1.54) is 9.80 Å². The van der Waals surface area contributed by atoms with Crippen LogP contribution in [0, 0.1) is 0 Å². The fourth-order valence-corrected chi connectivity index (χ4v) is 2.19. The summed E-state index contributed by atoms with van der Waals surface area (Å²) in [4.78, 5) is 24.7. The van der Waals surface area contributed by atoms with Gasteiger partial charge in [0.2, 0.25) is 0 Å². The van der Waals surface area contributed by atoms with E-state index in [9.17, 15) is 14.7 Å². The zero-order valence-corrected chi connectivity index (χ0v) is 10.2. The van der Waals surface area contributed by atoms with Crippen molar-refractivity contribution in [3.63, 3.8) is 0 Å². The van der Waals surface area contributed by atoms with Gasteiger partial charge in [0.15, 0.2) is 0 Å². The summed E-state index contributed by atoms with van der Waals surface area (Å²) in [6.07, 6.45) is -2.09. The number of amides is 2. The Morgan fingerprint density at radius 3 is 2.26 bits per heavy atom. The average Bonchev–Trinajstić information content (AvgIpc) is 2.38. The standard InChI is InChI=1S/C12H15N3O4/c13-9-3-1-8(2-4-9)10-7-14(11(16)17)5-6-15(10)12(18)19/h1-4,10H,5-7,13H2,(H,16,17)(H,18,19). The Balaban J connectivity index is 2.27. The number of nitrogen functional groups attached to an aromatic ring is 1. The molecule has 1 saturated heterocycles. The summed E-state index contributed by atoms with van der Waals surface area (Å²) < 4.78 is 0. The van der Waals surface area contributed by atoms with Gasteiger partial charge < -0.3 is 20.8 Å². The maximum absolute atomic E-state index is 11.2. The van der Waals surface area contributed by atoms with E-state index in [0.717, 1.165) is 5.56 Å². The van der Waals surface area contributed by atoms with Crippen LogP contribution in [0.2, 0.25) is 0 Å². The van der Waals surface area contributed by atoms with E-state index in [4.69, 9.17) is 10.8 Å². The molecule has 1 heterocycles. The van der Waals surface area contributed by atoms with Crippen LogP contribution in [0.15, 0.2) is 24.3 Å². The largest absolute Gasteiger partial charge is 0.465 e. The molecular weight excluding hydrogens is 250 g/mol. The molecule has 4 N–H and O–H groups in total. The SMILES string of the molecule is Nc1ccc(C2CN(C(=O)O)CCN2C(=O)O)cc1. The number of hydrogen-bond acceptors (Lipinski definition) is 3. The highest BCUT2D eigenvalue weighted by Crippen LogP contribution is 2.26. The second-order valence-electron chi connectivity index (χ2n) is 4.39. The van der Waals surface area contributed by atoms with Crippen LogP contribution in [-0.4, -0.2) is 51.8 Å². The molecule has 1 atom stereocenters. The predicted octanol–water partition coefficient (Wildman–Crippen LogP) is 1.28. The van der Waals surface area contributed by atoms with E-state index in [2.05, 4.69) is 0 Å². The highest BCUT2D eigenvalue weighted by Gasteiger charge is 2.33. The minimum absolute atomic E-state index is 0.131. The highest BCUT2D eigenvalue weighted by molar-refractivity contribution is 5.68. The Labute approximate surface area is 109 Å². The fraction of sp³-hybridized carbons (Fsp3) is 0.333. The number of nitrogens with zero attached hydrogens (tertiary/aromatic N) is 2. The molecule has 7 nitrogen and oxygen atoms in total. The van der Waals surface area contributed by atoms with Crippen LogP contribution >= 0.6 is 0 Å². The molecular formula is C12H15N3O4. The van der Waals surface area contributed by atoms with Crippen LogP contribution in [0.4, 0.5) is 15.3 Å². The molecule has 0 aliphatic carbocycles. The van der Waals surface area contributed by atoms with E-state index in [1.807, 2.05) is 0 Å². The summed E-state index contributed by atoms with van der Waals surface area (Å²) in [5.74, 6) is 0. The van der Waals surface area contributed by atoms with Crippen LogP contribution < -0.4 is 5.73 Å². The third kappa shape index (κ3) is 2.70. The second-order valence-corrected chi connectivity index (χ2v) is 4.39. The molecule has 0 spiro atoms. The Bertz CT molecular complexity index is 488. The smallest absolute Gasteiger partial charge is 0.407 e. The van der Waals surface area contributed by atoms with E-state index in [-0.39, 0.29) is 19.6 Å². The first-order chi connectivity index (χ1) is 8.99. The van der Waals surface area contributed by atoms with Gasteiger partial charge >= 0.3 is 12.2 Å². The summed E-state index contributed by atoms with van der Waals surface area (Å²) in [7, 11) is 0. The normalized spacial score (nSPS) is 19.3. The van der Waals surface area contributed by atoms with Crippen molar-refractivity contribution in [2.75, 3.05) is 25.4 Å². The lowest BCUT2D eigenvalue weighted by Crippen LogP contribution is -2.51. The van der Waals surface area contributed by atoms with Gasteiger partial charge in [0, 0.05) is 25.3 Å². The van der Waals surface area contributed by atoms with Gasteiger partial charge in [-0.3, -0.25) is 4.90 Å². The fourth-order valence-electron chi connectivity index (χ4n) is 2.19. The molecule has 0 bridgehead atoms. The van der Waals surface area contributed by atoms with Crippen molar-refractivity contribution in [2.24, 2.45) is 0 Å². The van der Waals surface area contributed by atoms with E-state index in [1.54, 1.807) is 24.3 Å². The average molecular weight is 265 g/mol. The molecule has 1 aliphatic rings. The summed E-state index contributed by atoms with van der Waals surface area (Å²) in [6.45, 7) is 0.481. The first kappa shape index (κ1) is 13.0. The number of rotatable bonds is 1. The van der Waals surface area contributed by atoms with Crippen LogP contribution in [0.1, 0.15) is 11.6 Å². The lowest BCUT2D eigenvalue weighted by Gasteiger charge is -2.38. The minimum atomic E-state index is -1.05. The molecule has 102 valence electrons. The van der Waals surface area contributed by atoms with Gasteiger partial charge in [-0.2, -0.15) is 0 Å². The van der Waals surface area contributed by atoms with E-state index < -0.39 is 18.2 Å². The molecule has 1 aromatic rings. The van der Waals surface area contributed by atoms with E-state index in [0.29, 0.717) is 5.69 Å². The number of hydrogen-bond donors (Lipinski definition) is 3. The topological polar surface area (TPSA) is 107 Å². The Morgan fingerprint density at radius 2 is 1.74 bits per heavy atom. The number of carbonyl (C=O) groups is 2. The van der Waals surface area contributed by atoms with Gasteiger partial charge in [-0.05, 0) is 17.7 Å². The van der Waals surface area contributed by atoms with E-state index >= 15 is 0 Å². The van der Waals surface area contributed by atoms with Gasteiger partial charge in [-0.1, -0.05) is 12.1 Å². The number of piperazine rings is 1. The highest BCUT2D eigenvalue weighted by atomic mass is 16.4.